The van der Waals surface area contributed by atoms with E-state index in [0.717, 1.165) is 0 Å². The van der Waals surface area contributed by atoms with Gasteiger partial charge in [0.25, 0.3) is 0 Å². The summed E-state index contributed by atoms with van der Waals surface area (Å²) in [5.41, 5.74) is 0.973. The van der Waals surface area contributed by atoms with Gasteiger partial charge < -0.3 is 5.32 Å². The molecule has 1 aliphatic heterocycles. The maximum Gasteiger partial charge on any atom is 0.228 e. The van der Waals surface area contributed by atoms with E-state index in [2.05, 4.69) is 5.32 Å². The zero-order valence-electron chi connectivity index (χ0n) is 10.3. The second-order valence-electron chi connectivity index (χ2n) is 4.64. The van der Waals surface area contributed by atoms with Gasteiger partial charge in [0, 0.05) is 5.69 Å². The van der Waals surface area contributed by atoms with Gasteiger partial charge in [-0.05, 0) is 31.0 Å². The number of nitrogens with zero attached hydrogens (tertiary/aromatic N) is 1. The Bertz CT molecular complexity index is 632. The molecule has 0 bridgehead atoms. The number of anilines is 1. The smallest absolute Gasteiger partial charge is 0.228 e. The lowest BCUT2D eigenvalue weighted by atomic mass is 10.0. The molecule has 1 unspecified atom stereocenters. The third-order valence-corrected chi connectivity index (χ3v) is 4.91. The fourth-order valence-electron chi connectivity index (χ4n) is 2.14. The number of nitriles is 1. The van der Waals surface area contributed by atoms with Gasteiger partial charge in [0.1, 0.15) is 0 Å². The Morgan fingerprint density at radius 2 is 2.21 bits per heavy atom. The van der Waals surface area contributed by atoms with Crippen molar-refractivity contribution in [2.24, 2.45) is 5.92 Å². The largest absolute Gasteiger partial charge is 0.326 e. The van der Waals surface area contributed by atoms with Gasteiger partial charge in [-0.2, -0.15) is 5.26 Å². The van der Waals surface area contributed by atoms with Crippen molar-refractivity contribution in [1.29, 1.82) is 5.26 Å². The first-order chi connectivity index (χ1) is 9.00. The summed E-state index contributed by atoms with van der Waals surface area (Å²) in [6.07, 6.45) is 1.11. The Hall–Kier alpha value is -1.87. The molecule has 0 spiro atoms. The highest BCUT2D eigenvalue weighted by atomic mass is 32.2. The molecule has 1 aromatic carbocycles. The summed E-state index contributed by atoms with van der Waals surface area (Å²) in [6.45, 7) is 0. The third kappa shape index (κ3) is 3.55. The van der Waals surface area contributed by atoms with Crippen LogP contribution in [-0.2, 0) is 14.6 Å². The Morgan fingerprint density at radius 3 is 2.89 bits per heavy atom. The number of carbonyl (C=O) groups excluding carboxylic acids is 1. The Morgan fingerprint density at radius 1 is 1.42 bits per heavy atom. The van der Waals surface area contributed by atoms with Crippen LogP contribution in [0.4, 0.5) is 5.69 Å². The molecule has 1 saturated heterocycles. The fraction of sp³-hybridized carbons (Fsp3) is 0.385. The van der Waals surface area contributed by atoms with Gasteiger partial charge in [0.05, 0.1) is 29.1 Å². The Labute approximate surface area is 112 Å². The quantitative estimate of drug-likeness (QED) is 0.883. The van der Waals surface area contributed by atoms with Crippen molar-refractivity contribution in [3.8, 4) is 6.07 Å². The second kappa shape index (κ2) is 5.41. The SMILES string of the molecule is N#Cc1cccc(NC(=O)C2CCCS(=O)(=O)C2)c1. The molecule has 5 nitrogen and oxygen atoms in total. The van der Waals surface area contributed by atoms with Crippen molar-refractivity contribution < 1.29 is 13.2 Å². The van der Waals surface area contributed by atoms with Crippen LogP contribution in [0.1, 0.15) is 18.4 Å². The number of sulfone groups is 1. The average Bonchev–Trinajstić information content (AvgIpc) is 2.37. The molecule has 1 N–H and O–H groups in total. The van der Waals surface area contributed by atoms with Crippen molar-refractivity contribution in [3.05, 3.63) is 29.8 Å². The van der Waals surface area contributed by atoms with Gasteiger partial charge >= 0.3 is 0 Å². The van der Waals surface area contributed by atoms with E-state index in [0.29, 0.717) is 24.1 Å². The van der Waals surface area contributed by atoms with Crippen LogP contribution in [0.2, 0.25) is 0 Å². The van der Waals surface area contributed by atoms with Crippen LogP contribution in [-0.4, -0.2) is 25.8 Å². The first kappa shape index (κ1) is 13.6. The topological polar surface area (TPSA) is 87.0 Å². The maximum atomic E-state index is 12.0. The van der Waals surface area contributed by atoms with Crippen molar-refractivity contribution >= 4 is 21.4 Å². The van der Waals surface area contributed by atoms with Crippen LogP contribution in [0.5, 0.6) is 0 Å². The van der Waals surface area contributed by atoms with E-state index in [1.807, 2.05) is 6.07 Å². The summed E-state index contributed by atoms with van der Waals surface area (Å²) >= 11 is 0. The molecule has 0 aromatic heterocycles. The molecular weight excluding hydrogens is 264 g/mol. The molecule has 1 amide bonds. The summed E-state index contributed by atoms with van der Waals surface area (Å²) in [6, 6.07) is 8.54. The number of nitrogens with one attached hydrogen (secondary N) is 1. The van der Waals surface area contributed by atoms with Gasteiger partial charge in [0.15, 0.2) is 9.84 Å². The molecule has 100 valence electrons. The summed E-state index contributed by atoms with van der Waals surface area (Å²) in [7, 11) is -3.10. The molecule has 1 aliphatic rings. The summed E-state index contributed by atoms with van der Waals surface area (Å²) in [4.78, 5) is 12.0. The van der Waals surface area contributed by atoms with Crippen molar-refractivity contribution in [3.63, 3.8) is 0 Å². The number of benzene rings is 1. The molecular formula is C13H14N2O3S. The molecule has 1 heterocycles. The van der Waals surface area contributed by atoms with Crippen molar-refractivity contribution in [2.75, 3.05) is 16.8 Å². The predicted molar refractivity (Wildman–Crippen MR) is 71.2 cm³/mol. The lowest BCUT2D eigenvalue weighted by Crippen LogP contribution is -2.34. The van der Waals surface area contributed by atoms with Gasteiger partial charge in [-0.25, -0.2) is 8.42 Å². The molecule has 0 aliphatic carbocycles. The molecule has 0 radical (unpaired) electrons. The second-order valence-corrected chi connectivity index (χ2v) is 6.86. The molecule has 6 heteroatoms. The standard InChI is InChI=1S/C13H14N2O3S/c14-8-10-3-1-5-12(7-10)15-13(16)11-4-2-6-19(17,18)9-11/h1,3,5,7,11H,2,4,6,9H2,(H,15,16). The van der Waals surface area contributed by atoms with Gasteiger partial charge in [-0.1, -0.05) is 6.07 Å². The Balaban J connectivity index is 2.07. The van der Waals surface area contributed by atoms with Gasteiger partial charge in [-0.15, -0.1) is 0 Å². The minimum Gasteiger partial charge on any atom is -0.326 e. The van der Waals surface area contributed by atoms with Gasteiger partial charge in [-0.3, -0.25) is 4.79 Å². The lowest BCUT2D eigenvalue weighted by molar-refractivity contribution is -0.119. The van der Waals surface area contributed by atoms with Crippen molar-refractivity contribution in [2.45, 2.75) is 12.8 Å². The first-order valence-electron chi connectivity index (χ1n) is 6.01. The Kier molecular flexibility index (Phi) is 3.86. The molecule has 19 heavy (non-hydrogen) atoms. The van der Waals surface area contributed by atoms with Crippen LogP contribution in [0.15, 0.2) is 24.3 Å². The van der Waals surface area contributed by atoms with Crippen molar-refractivity contribution in [1.82, 2.24) is 0 Å². The predicted octanol–water partition coefficient (Wildman–Crippen LogP) is 1.32. The number of rotatable bonds is 2. The average molecular weight is 278 g/mol. The highest BCUT2D eigenvalue weighted by Crippen LogP contribution is 2.20. The van der Waals surface area contributed by atoms with Crippen LogP contribution in [0.25, 0.3) is 0 Å². The molecule has 1 aromatic rings. The minimum atomic E-state index is -3.10. The number of hydrogen-bond donors (Lipinski definition) is 1. The first-order valence-corrected chi connectivity index (χ1v) is 7.84. The summed E-state index contributed by atoms with van der Waals surface area (Å²) in [5.74, 6) is -0.708. The summed E-state index contributed by atoms with van der Waals surface area (Å²) < 4.78 is 23.0. The molecule has 2 rings (SSSR count). The van der Waals surface area contributed by atoms with Gasteiger partial charge in [0.2, 0.25) is 5.91 Å². The highest BCUT2D eigenvalue weighted by molar-refractivity contribution is 7.91. The molecule has 1 atom stereocenters. The zero-order valence-corrected chi connectivity index (χ0v) is 11.1. The number of carbonyl (C=O) groups is 1. The van der Waals surface area contributed by atoms with E-state index in [4.69, 9.17) is 5.26 Å². The van der Waals surface area contributed by atoms with E-state index < -0.39 is 15.8 Å². The van der Waals surface area contributed by atoms with E-state index in [-0.39, 0.29) is 17.4 Å². The van der Waals surface area contributed by atoms with Crippen LogP contribution in [0, 0.1) is 17.2 Å². The van der Waals surface area contributed by atoms with E-state index >= 15 is 0 Å². The molecule has 1 fully saturated rings. The van der Waals surface area contributed by atoms with Crippen LogP contribution in [0.3, 0.4) is 0 Å². The lowest BCUT2D eigenvalue weighted by Gasteiger charge is -2.21. The minimum absolute atomic E-state index is 0.0865. The maximum absolute atomic E-state index is 12.0. The van der Waals surface area contributed by atoms with Crippen LogP contribution < -0.4 is 5.32 Å². The van der Waals surface area contributed by atoms with E-state index in [1.54, 1.807) is 24.3 Å². The highest BCUT2D eigenvalue weighted by Gasteiger charge is 2.29. The monoisotopic (exact) mass is 278 g/mol. The fourth-order valence-corrected chi connectivity index (χ4v) is 3.84. The third-order valence-electron chi connectivity index (χ3n) is 3.09. The van der Waals surface area contributed by atoms with E-state index in [9.17, 15) is 13.2 Å². The normalized spacial score (nSPS) is 21.3. The number of amides is 1. The summed E-state index contributed by atoms with van der Waals surface area (Å²) in [5, 5.41) is 11.4. The van der Waals surface area contributed by atoms with E-state index in [1.165, 1.54) is 0 Å². The van der Waals surface area contributed by atoms with Crippen LogP contribution >= 0.6 is 0 Å². The number of hydrogen-bond acceptors (Lipinski definition) is 4. The zero-order chi connectivity index (χ0) is 13.9. The molecule has 0 saturated carbocycles.